The second kappa shape index (κ2) is 9.62. The molecule has 0 radical (unpaired) electrons. The number of hydrogen-bond donors (Lipinski definition) is 1. The van der Waals surface area contributed by atoms with Crippen molar-refractivity contribution < 1.29 is 14.2 Å². The molecular formula is C22H30N2O3. The van der Waals surface area contributed by atoms with Crippen LogP contribution in [0.25, 0.3) is 0 Å². The van der Waals surface area contributed by atoms with Crippen LogP contribution < -0.4 is 19.5 Å². The summed E-state index contributed by atoms with van der Waals surface area (Å²) < 4.78 is 17.2. The predicted molar refractivity (Wildman–Crippen MR) is 108 cm³/mol. The molecule has 1 aliphatic rings. The normalized spacial score (nSPS) is 16.4. The summed E-state index contributed by atoms with van der Waals surface area (Å²) in [4.78, 5) is 2.51. The Bertz CT molecular complexity index is 727. The molecule has 3 rings (SSSR count). The van der Waals surface area contributed by atoms with Crippen LogP contribution in [0, 0.1) is 0 Å². The molecule has 1 unspecified atom stereocenters. The summed E-state index contributed by atoms with van der Waals surface area (Å²) in [6, 6.07) is 14.4. The van der Waals surface area contributed by atoms with Crippen molar-refractivity contribution in [1.29, 1.82) is 0 Å². The monoisotopic (exact) mass is 370 g/mol. The van der Waals surface area contributed by atoms with Gasteiger partial charge in [0, 0.05) is 30.8 Å². The highest BCUT2D eigenvalue weighted by Gasteiger charge is 2.28. The summed E-state index contributed by atoms with van der Waals surface area (Å²) in [6.07, 6.45) is 1.11. The maximum atomic E-state index is 5.98. The Hall–Kier alpha value is -2.24. The molecule has 1 fully saturated rings. The molecule has 27 heavy (non-hydrogen) atoms. The molecule has 2 aromatic rings. The number of ether oxygens (including phenoxy) is 3. The SMILES string of the molecule is CCOc1ccccc1C(c1cc(OC)ccc1OC)N1CCCNCC1. The molecule has 1 N–H and O–H groups in total. The summed E-state index contributed by atoms with van der Waals surface area (Å²) in [6.45, 7) is 6.66. The standard InChI is InChI=1S/C22H30N2O3/c1-4-27-21-9-6-5-8-18(21)22(24-14-7-12-23-13-15-24)19-16-17(25-2)10-11-20(19)26-3/h5-6,8-11,16,22-23H,4,7,12-15H2,1-3H3. The van der Waals surface area contributed by atoms with Gasteiger partial charge in [0.1, 0.15) is 17.2 Å². The minimum absolute atomic E-state index is 0.0395. The summed E-state index contributed by atoms with van der Waals surface area (Å²) >= 11 is 0. The van der Waals surface area contributed by atoms with Crippen LogP contribution in [0.5, 0.6) is 17.2 Å². The maximum absolute atomic E-state index is 5.98. The van der Waals surface area contributed by atoms with E-state index in [0.29, 0.717) is 6.61 Å². The van der Waals surface area contributed by atoms with Crippen LogP contribution in [0.2, 0.25) is 0 Å². The van der Waals surface area contributed by atoms with Crippen LogP contribution in [0.15, 0.2) is 42.5 Å². The molecule has 5 heteroatoms. The van der Waals surface area contributed by atoms with Crippen LogP contribution >= 0.6 is 0 Å². The van der Waals surface area contributed by atoms with Crippen molar-refractivity contribution in [1.82, 2.24) is 10.2 Å². The van der Waals surface area contributed by atoms with Crippen LogP contribution in [-0.2, 0) is 0 Å². The average Bonchev–Trinajstić information content (AvgIpc) is 2.99. The highest BCUT2D eigenvalue weighted by Crippen LogP contribution is 2.40. The number of rotatable bonds is 7. The van der Waals surface area contributed by atoms with Crippen LogP contribution in [0.1, 0.15) is 30.5 Å². The third-order valence-electron chi connectivity index (χ3n) is 4.98. The first kappa shape index (κ1) is 19.5. The second-order valence-corrected chi connectivity index (χ2v) is 6.62. The molecule has 1 saturated heterocycles. The van der Waals surface area contributed by atoms with Crippen LogP contribution in [0.4, 0.5) is 0 Å². The van der Waals surface area contributed by atoms with E-state index in [1.54, 1.807) is 14.2 Å². The van der Waals surface area contributed by atoms with Gasteiger partial charge in [0.2, 0.25) is 0 Å². The molecular weight excluding hydrogens is 340 g/mol. The third-order valence-corrected chi connectivity index (χ3v) is 4.98. The Labute approximate surface area is 162 Å². The molecule has 0 saturated carbocycles. The van der Waals surface area contributed by atoms with Gasteiger partial charge >= 0.3 is 0 Å². The average molecular weight is 370 g/mol. The van der Waals surface area contributed by atoms with E-state index < -0.39 is 0 Å². The van der Waals surface area contributed by atoms with Crippen molar-refractivity contribution in [2.45, 2.75) is 19.4 Å². The van der Waals surface area contributed by atoms with Gasteiger partial charge in [-0.05, 0) is 44.2 Å². The molecule has 1 atom stereocenters. The highest BCUT2D eigenvalue weighted by molar-refractivity contribution is 5.49. The molecule has 5 nitrogen and oxygen atoms in total. The molecule has 0 amide bonds. The van der Waals surface area contributed by atoms with Crippen molar-refractivity contribution in [2.75, 3.05) is 47.0 Å². The Balaban J connectivity index is 2.13. The van der Waals surface area contributed by atoms with Gasteiger partial charge in [-0.15, -0.1) is 0 Å². The fraction of sp³-hybridized carbons (Fsp3) is 0.455. The predicted octanol–water partition coefficient (Wildman–Crippen LogP) is 3.49. The first-order chi connectivity index (χ1) is 13.3. The van der Waals surface area contributed by atoms with Crippen molar-refractivity contribution >= 4 is 0 Å². The Kier molecular flexibility index (Phi) is 6.96. The van der Waals surface area contributed by atoms with Crippen molar-refractivity contribution in [2.24, 2.45) is 0 Å². The zero-order valence-corrected chi connectivity index (χ0v) is 16.5. The first-order valence-electron chi connectivity index (χ1n) is 9.67. The fourth-order valence-electron chi connectivity index (χ4n) is 3.73. The number of methoxy groups -OCH3 is 2. The summed E-state index contributed by atoms with van der Waals surface area (Å²) in [7, 11) is 3.42. The quantitative estimate of drug-likeness (QED) is 0.808. The van der Waals surface area contributed by atoms with Gasteiger partial charge in [0.15, 0.2) is 0 Å². The lowest BCUT2D eigenvalue weighted by molar-refractivity contribution is 0.228. The van der Waals surface area contributed by atoms with Gasteiger partial charge in [-0.3, -0.25) is 4.90 Å². The highest BCUT2D eigenvalue weighted by atomic mass is 16.5. The maximum Gasteiger partial charge on any atom is 0.124 e. The first-order valence-corrected chi connectivity index (χ1v) is 9.67. The Morgan fingerprint density at radius 1 is 0.963 bits per heavy atom. The lowest BCUT2D eigenvalue weighted by Gasteiger charge is -2.33. The van der Waals surface area contributed by atoms with E-state index in [4.69, 9.17) is 14.2 Å². The zero-order valence-electron chi connectivity index (χ0n) is 16.5. The van der Waals surface area contributed by atoms with Gasteiger partial charge in [0.25, 0.3) is 0 Å². The van der Waals surface area contributed by atoms with Gasteiger partial charge in [0.05, 0.1) is 26.9 Å². The minimum Gasteiger partial charge on any atom is -0.497 e. The Morgan fingerprint density at radius 3 is 2.59 bits per heavy atom. The van der Waals surface area contributed by atoms with E-state index in [1.807, 2.05) is 25.1 Å². The zero-order chi connectivity index (χ0) is 19.1. The lowest BCUT2D eigenvalue weighted by atomic mass is 9.94. The van der Waals surface area contributed by atoms with E-state index in [-0.39, 0.29) is 6.04 Å². The fourth-order valence-corrected chi connectivity index (χ4v) is 3.73. The van der Waals surface area contributed by atoms with Crippen LogP contribution in [-0.4, -0.2) is 51.9 Å². The largest absolute Gasteiger partial charge is 0.497 e. The molecule has 0 bridgehead atoms. The Morgan fingerprint density at radius 2 is 1.81 bits per heavy atom. The number of hydrogen-bond acceptors (Lipinski definition) is 5. The number of para-hydroxylation sites is 1. The van der Waals surface area contributed by atoms with Gasteiger partial charge in [-0.1, -0.05) is 18.2 Å². The molecule has 2 aromatic carbocycles. The van der Waals surface area contributed by atoms with Gasteiger partial charge in [-0.25, -0.2) is 0 Å². The number of benzene rings is 2. The van der Waals surface area contributed by atoms with E-state index in [9.17, 15) is 0 Å². The van der Waals surface area contributed by atoms with E-state index in [0.717, 1.165) is 61.0 Å². The van der Waals surface area contributed by atoms with E-state index >= 15 is 0 Å². The summed E-state index contributed by atoms with van der Waals surface area (Å²) in [5.41, 5.74) is 2.26. The van der Waals surface area contributed by atoms with Crippen LogP contribution in [0.3, 0.4) is 0 Å². The summed E-state index contributed by atoms with van der Waals surface area (Å²) in [5.74, 6) is 2.62. The second-order valence-electron chi connectivity index (χ2n) is 6.62. The van der Waals surface area contributed by atoms with Crippen molar-refractivity contribution in [3.63, 3.8) is 0 Å². The smallest absolute Gasteiger partial charge is 0.124 e. The number of nitrogens with one attached hydrogen (secondary N) is 1. The lowest BCUT2D eigenvalue weighted by Crippen LogP contribution is -2.33. The van der Waals surface area contributed by atoms with Crippen molar-refractivity contribution in [3.05, 3.63) is 53.6 Å². The number of nitrogens with zero attached hydrogens (tertiary/aromatic N) is 1. The van der Waals surface area contributed by atoms with E-state index in [1.165, 1.54) is 0 Å². The molecule has 0 aromatic heterocycles. The van der Waals surface area contributed by atoms with Gasteiger partial charge < -0.3 is 19.5 Å². The molecule has 146 valence electrons. The third kappa shape index (κ3) is 4.54. The topological polar surface area (TPSA) is 43.0 Å². The molecule has 1 aliphatic heterocycles. The minimum atomic E-state index is 0.0395. The molecule has 0 aliphatic carbocycles. The molecule has 1 heterocycles. The van der Waals surface area contributed by atoms with Crippen molar-refractivity contribution in [3.8, 4) is 17.2 Å². The van der Waals surface area contributed by atoms with E-state index in [2.05, 4.69) is 34.5 Å². The molecule has 0 spiro atoms. The summed E-state index contributed by atoms with van der Waals surface area (Å²) in [5, 5.41) is 3.50. The van der Waals surface area contributed by atoms with Gasteiger partial charge in [-0.2, -0.15) is 0 Å².